The monoisotopic (exact) mass is 400 g/mol. The molecular weight excluding hydrogens is 368 g/mol. The molecule has 3 N–H and O–H groups in total. The van der Waals surface area contributed by atoms with Crippen molar-refractivity contribution in [3.8, 4) is 0 Å². The van der Waals surface area contributed by atoms with Crippen molar-refractivity contribution in [1.29, 1.82) is 0 Å². The lowest BCUT2D eigenvalue weighted by molar-refractivity contribution is -0.143. The minimum atomic E-state index is -0.687. The van der Waals surface area contributed by atoms with Gasteiger partial charge in [0.1, 0.15) is 0 Å². The van der Waals surface area contributed by atoms with Gasteiger partial charge >= 0.3 is 11.9 Å². The largest absolute Gasteiger partial charge is 0.481 e. The van der Waals surface area contributed by atoms with E-state index in [9.17, 15) is 9.59 Å². The highest BCUT2D eigenvalue weighted by Crippen LogP contribution is 2.33. The molecule has 0 spiro atoms. The van der Waals surface area contributed by atoms with Gasteiger partial charge in [0, 0.05) is 22.8 Å². The van der Waals surface area contributed by atoms with Crippen LogP contribution in [-0.4, -0.2) is 34.1 Å². The van der Waals surface area contributed by atoms with Gasteiger partial charge in [0.25, 0.3) is 0 Å². The van der Waals surface area contributed by atoms with Crippen molar-refractivity contribution >= 4 is 11.9 Å². The molecule has 2 aromatic rings. The molecule has 0 amide bonds. The molecule has 4 rings (SSSR count). The summed E-state index contributed by atoms with van der Waals surface area (Å²) in [4.78, 5) is 29.3. The lowest BCUT2D eigenvalue weighted by atomic mass is 9.87. The van der Waals surface area contributed by atoms with Crippen molar-refractivity contribution < 1.29 is 19.4 Å². The number of H-pyrrole nitrogens is 2. The van der Waals surface area contributed by atoms with Gasteiger partial charge in [0.05, 0.1) is 18.9 Å². The molecule has 2 aromatic heterocycles. The maximum absolute atomic E-state index is 11.6. The first-order valence-corrected chi connectivity index (χ1v) is 10.7. The molecule has 2 unspecified atom stereocenters. The standard InChI is InChI=1S/C12H17NO2.C11H15NO2/c1-3-8-7-10-9(12(14)15-2)5-4-6-11(10)13-8;1-2-7-6-9-8(11(13)14)4-3-5-10(9)12-7/h7,9,13H,3-6H2,1-2H3;6,8,12H,2-5H2,1H3,(H,13,14). The van der Waals surface area contributed by atoms with Crippen LogP contribution >= 0.6 is 0 Å². The van der Waals surface area contributed by atoms with E-state index in [0.717, 1.165) is 73.9 Å². The first kappa shape index (κ1) is 21.2. The highest BCUT2D eigenvalue weighted by Gasteiger charge is 2.29. The zero-order valence-corrected chi connectivity index (χ0v) is 17.6. The number of esters is 1. The number of fused-ring (bicyclic) bond motifs is 2. The summed E-state index contributed by atoms with van der Waals surface area (Å²) in [7, 11) is 1.46. The number of hydrogen-bond acceptors (Lipinski definition) is 3. The Morgan fingerprint density at radius 2 is 1.45 bits per heavy atom. The Labute approximate surface area is 172 Å². The van der Waals surface area contributed by atoms with Gasteiger partial charge in [-0.1, -0.05) is 13.8 Å². The van der Waals surface area contributed by atoms with Gasteiger partial charge in [-0.25, -0.2) is 0 Å². The number of hydrogen-bond donors (Lipinski definition) is 3. The van der Waals surface area contributed by atoms with Crippen LogP contribution in [0.3, 0.4) is 0 Å². The van der Waals surface area contributed by atoms with E-state index in [1.807, 2.05) is 6.07 Å². The van der Waals surface area contributed by atoms with Gasteiger partial charge < -0.3 is 19.8 Å². The fourth-order valence-corrected chi connectivity index (χ4v) is 4.49. The van der Waals surface area contributed by atoms with Crippen molar-refractivity contribution in [2.24, 2.45) is 0 Å². The minimum absolute atomic E-state index is 0.0460. The highest BCUT2D eigenvalue weighted by atomic mass is 16.5. The topological polar surface area (TPSA) is 95.2 Å². The summed E-state index contributed by atoms with van der Waals surface area (Å²) in [6.45, 7) is 4.19. The van der Waals surface area contributed by atoms with Crippen LogP contribution in [0.25, 0.3) is 0 Å². The van der Waals surface area contributed by atoms with Crippen molar-refractivity contribution in [1.82, 2.24) is 9.97 Å². The zero-order chi connectivity index (χ0) is 21.0. The summed E-state index contributed by atoms with van der Waals surface area (Å²) in [5.74, 6) is -1.11. The third-order valence-electron chi connectivity index (χ3n) is 6.11. The van der Waals surface area contributed by atoms with Crippen molar-refractivity contribution in [2.75, 3.05) is 7.11 Å². The summed E-state index contributed by atoms with van der Waals surface area (Å²) in [5.41, 5.74) is 6.92. The number of ether oxygens (including phenoxy) is 1. The van der Waals surface area contributed by atoms with Crippen LogP contribution in [0.4, 0.5) is 0 Å². The van der Waals surface area contributed by atoms with Crippen LogP contribution in [0.2, 0.25) is 0 Å². The third-order valence-corrected chi connectivity index (χ3v) is 6.11. The fourth-order valence-electron chi connectivity index (χ4n) is 4.49. The Balaban J connectivity index is 0.000000166. The molecule has 0 aliphatic heterocycles. The molecule has 0 saturated carbocycles. The first-order valence-electron chi connectivity index (χ1n) is 10.7. The summed E-state index contributed by atoms with van der Waals surface area (Å²) in [6.07, 6.45) is 7.73. The lowest BCUT2D eigenvalue weighted by Crippen LogP contribution is -2.18. The van der Waals surface area contributed by atoms with Gasteiger partial charge in [-0.15, -0.1) is 0 Å². The molecule has 2 aliphatic carbocycles. The quantitative estimate of drug-likeness (QED) is 0.669. The Morgan fingerprint density at radius 3 is 1.90 bits per heavy atom. The predicted molar refractivity (Wildman–Crippen MR) is 111 cm³/mol. The minimum Gasteiger partial charge on any atom is -0.481 e. The average Bonchev–Trinajstić information content (AvgIpc) is 3.36. The molecule has 6 heteroatoms. The Hall–Kier alpha value is -2.50. The molecular formula is C23H32N2O4. The van der Waals surface area contributed by atoms with Crippen molar-refractivity contribution in [2.45, 2.75) is 77.0 Å². The number of methoxy groups -OCH3 is 1. The Kier molecular flexibility index (Phi) is 6.83. The number of aromatic amines is 2. The third kappa shape index (κ3) is 4.57. The maximum Gasteiger partial charge on any atom is 0.313 e. The van der Waals surface area contributed by atoms with Crippen molar-refractivity contribution in [3.63, 3.8) is 0 Å². The maximum atomic E-state index is 11.6. The average molecular weight is 401 g/mol. The molecule has 0 fully saturated rings. The lowest BCUT2D eigenvalue weighted by Gasteiger charge is -2.19. The summed E-state index contributed by atoms with van der Waals surface area (Å²) in [6, 6.07) is 4.14. The van der Waals surface area contributed by atoms with Gasteiger partial charge in [0.15, 0.2) is 0 Å². The number of rotatable bonds is 4. The number of aromatic nitrogens is 2. The van der Waals surface area contributed by atoms with Crippen LogP contribution in [0.1, 0.15) is 85.3 Å². The number of carboxylic acid groups (broad SMARTS) is 1. The van der Waals surface area contributed by atoms with Crippen LogP contribution in [0.15, 0.2) is 12.1 Å². The second kappa shape index (κ2) is 9.33. The van der Waals surface area contributed by atoms with Crippen molar-refractivity contribution in [3.05, 3.63) is 46.0 Å². The smallest absolute Gasteiger partial charge is 0.313 e. The van der Waals surface area contributed by atoms with E-state index in [4.69, 9.17) is 9.84 Å². The zero-order valence-electron chi connectivity index (χ0n) is 17.6. The number of carbonyl (C=O) groups is 2. The number of carboxylic acids is 1. The van der Waals surface area contributed by atoms with Gasteiger partial charge in [-0.05, 0) is 74.6 Å². The van der Waals surface area contributed by atoms with Gasteiger partial charge in [-0.3, -0.25) is 9.59 Å². The molecule has 2 aliphatic rings. The molecule has 29 heavy (non-hydrogen) atoms. The molecule has 2 heterocycles. The second-order valence-electron chi connectivity index (χ2n) is 7.92. The number of aryl methyl sites for hydroxylation is 4. The summed E-state index contributed by atoms with van der Waals surface area (Å²) >= 11 is 0. The summed E-state index contributed by atoms with van der Waals surface area (Å²) in [5, 5.41) is 9.05. The van der Waals surface area contributed by atoms with Crippen LogP contribution in [0.5, 0.6) is 0 Å². The van der Waals surface area contributed by atoms with E-state index >= 15 is 0 Å². The fraction of sp³-hybridized carbons (Fsp3) is 0.565. The SMILES string of the molecule is CCc1cc2c([nH]1)CCCC2C(=O)O.CCc1cc2c([nH]1)CCCC2C(=O)OC. The Morgan fingerprint density at radius 1 is 0.966 bits per heavy atom. The normalized spacial score (nSPS) is 20.1. The van der Waals surface area contributed by atoms with Crippen LogP contribution in [-0.2, 0) is 40.0 Å². The molecule has 0 aromatic carbocycles. The number of carbonyl (C=O) groups excluding carboxylic acids is 1. The van der Waals surface area contributed by atoms with Crippen LogP contribution < -0.4 is 0 Å². The van der Waals surface area contributed by atoms with E-state index in [1.54, 1.807) is 0 Å². The number of aliphatic carboxylic acids is 1. The van der Waals surface area contributed by atoms with Crippen LogP contribution in [0, 0.1) is 0 Å². The van der Waals surface area contributed by atoms with E-state index in [2.05, 4.69) is 29.9 Å². The van der Waals surface area contributed by atoms with Gasteiger partial charge in [0.2, 0.25) is 0 Å². The predicted octanol–water partition coefficient (Wildman–Crippen LogP) is 4.25. The molecule has 6 nitrogen and oxygen atoms in total. The summed E-state index contributed by atoms with van der Waals surface area (Å²) < 4.78 is 4.84. The number of nitrogens with one attached hydrogen (secondary N) is 2. The van der Waals surface area contributed by atoms with E-state index in [1.165, 1.54) is 18.5 Å². The molecule has 0 radical (unpaired) electrons. The Bertz CT molecular complexity index is 864. The molecule has 0 bridgehead atoms. The van der Waals surface area contributed by atoms with Gasteiger partial charge in [-0.2, -0.15) is 0 Å². The van der Waals surface area contributed by atoms with E-state index in [-0.39, 0.29) is 17.8 Å². The van der Waals surface area contributed by atoms with E-state index in [0.29, 0.717) is 0 Å². The molecule has 2 atom stereocenters. The second-order valence-corrected chi connectivity index (χ2v) is 7.92. The highest BCUT2D eigenvalue weighted by molar-refractivity contribution is 5.79. The molecule has 0 saturated heterocycles. The molecule has 158 valence electrons. The first-order chi connectivity index (χ1) is 14.0. The van der Waals surface area contributed by atoms with E-state index < -0.39 is 5.97 Å².